The number of hydrogen-bond acceptors (Lipinski definition) is 6. The van der Waals surface area contributed by atoms with Crippen molar-refractivity contribution >= 4 is 40.2 Å². The van der Waals surface area contributed by atoms with Crippen LogP contribution in [0.5, 0.6) is 0 Å². The van der Waals surface area contributed by atoms with Gasteiger partial charge in [0.05, 0.1) is 24.5 Å². The van der Waals surface area contributed by atoms with E-state index in [0.717, 1.165) is 6.42 Å². The van der Waals surface area contributed by atoms with E-state index in [-0.39, 0.29) is 23.2 Å². The van der Waals surface area contributed by atoms with Crippen molar-refractivity contribution in [3.63, 3.8) is 0 Å². The molecule has 0 bridgehead atoms. The molecule has 0 N–H and O–H groups in total. The Bertz CT molecular complexity index is 389. The molecule has 0 spiro atoms. The quantitative estimate of drug-likeness (QED) is 0.527. The molecule has 1 aliphatic rings. The van der Waals surface area contributed by atoms with Crippen molar-refractivity contribution in [3.05, 3.63) is 0 Å². The van der Waals surface area contributed by atoms with E-state index in [4.69, 9.17) is 21.7 Å². The first kappa shape index (κ1) is 18.2. The van der Waals surface area contributed by atoms with Crippen LogP contribution in [0.4, 0.5) is 0 Å². The molecule has 0 aromatic heterocycles. The zero-order valence-electron chi connectivity index (χ0n) is 12.8. The summed E-state index contributed by atoms with van der Waals surface area (Å²) in [4.78, 5) is 25.5. The van der Waals surface area contributed by atoms with E-state index in [0.29, 0.717) is 37.0 Å². The molecule has 2 atom stereocenters. The largest absolute Gasteiger partial charge is 0.479 e. The van der Waals surface area contributed by atoms with Crippen LogP contribution in [-0.4, -0.2) is 46.3 Å². The first-order valence-electron chi connectivity index (χ1n) is 7.29. The number of rotatable bonds is 7. The summed E-state index contributed by atoms with van der Waals surface area (Å²) in [6, 6.07) is 0. The van der Waals surface area contributed by atoms with Crippen LogP contribution in [0, 0.1) is 5.92 Å². The highest BCUT2D eigenvalue weighted by Crippen LogP contribution is 2.29. The Labute approximate surface area is 135 Å². The molecule has 0 radical (unpaired) electrons. The Morgan fingerprint density at radius 2 is 2.05 bits per heavy atom. The van der Waals surface area contributed by atoms with E-state index in [9.17, 15) is 9.59 Å². The van der Waals surface area contributed by atoms with Crippen LogP contribution in [0.15, 0.2) is 0 Å². The van der Waals surface area contributed by atoms with Gasteiger partial charge in [0.1, 0.15) is 0 Å². The molecule has 1 aliphatic heterocycles. The van der Waals surface area contributed by atoms with Gasteiger partial charge in [-0.1, -0.05) is 18.7 Å². The highest BCUT2D eigenvalue weighted by molar-refractivity contribution is 8.23. The van der Waals surface area contributed by atoms with E-state index < -0.39 is 0 Å². The van der Waals surface area contributed by atoms with E-state index in [1.165, 1.54) is 11.8 Å². The van der Waals surface area contributed by atoms with Crippen LogP contribution in [0.3, 0.4) is 0 Å². The molecular formula is C14H23NO4S2. The van der Waals surface area contributed by atoms with Crippen molar-refractivity contribution in [2.45, 2.75) is 45.4 Å². The smallest absolute Gasteiger partial charge is 0.308 e. The highest BCUT2D eigenvalue weighted by atomic mass is 32.2. The number of thioether (sulfide) groups is 1. The summed E-state index contributed by atoms with van der Waals surface area (Å²) in [5, 5.41) is -0.168. The van der Waals surface area contributed by atoms with Gasteiger partial charge in [0.15, 0.2) is 0 Å². The van der Waals surface area contributed by atoms with Crippen molar-refractivity contribution in [2.24, 2.45) is 5.92 Å². The van der Waals surface area contributed by atoms with Crippen LogP contribution < -0.4 is 0 Å². The van der Waals surface area contributed by atoms with E-state index in [1.807, 2.05) is 13.8 Å². The van der Waals surface area contributed by atoms with Crippen LogP contribution in [0.1, 0.15) is 40.0 Å². The summed E-state index contributed by atoms with van der Waals surface area (Å²) < 4.78 is 10.7. The summed E-state index contributed by atoms with van der Waals surface area (Å²) in [5.41, 5.74) is 0. The van der Waals surface area contributed by atoms with Gasteiger partial charge in [0, 0.05) is 13.0 Å². The number of nitrogens with zero attached hydrogens (tertiary/aromatic N) is 1. The fourth-order valence-electron chi connectivity index (χ4n) is 2.16. The minimum absolute atomic E-state index is 0.114. The molecule has 1 saturated heterocycles. The normalized spacial score (nSPS) is 17.5. The van der Waals surface area contributed by atoms with Gasteiger partial charge in [-0.2, -0.15) is 0 Å². The van der Waals surface area contributed by atoms with Crippen LogP contribution in [0.25, 0.3) is 0 Å². The monoisotopic (exact) mass is 333 g/mol. The number of carbonyl (C=O) groups excluding carboxylic acids is 2. The van der Waals surface area contributed by atoms with Gasteiger partial charge in [-0.3, -0.25) is 9.59 Å². The third kappa shape index (κ3) is 5.82. The van der Waals surface area contributed by atoms with Gasteiger partial charge < -0.3 is 14.4 Å². The molecule has 0 aromatic rings. The molecule has 1 fully saturated rings. The lowest BCUT2D eigenvalue weighted by Gasteiger charge is -2.28. The maximum Gasteiger partial charge on any atom is 0.308 e. The predicted octanol–water partition coefficient (Wildman–Crippen LogP) is 2.58. The summed E-state index contributed by atoms with van der Waals surface area (Å²) in [5.74, 6) is -0.403. The first-order valence-corrected chi connectivity index (χ1v) is 8.57. The van der Waals surface area contributed by atoms with Gasteiger partial charge in [0.2, 0.25) is 10.3 Å². The first-order chi connectivity index (χ1) is 9.99. The molecule has 2 unspecified atom stereocenters. The number of ether oxygens (including phenoxy) is 2. The molecule has 7 heteroatoms. The number of likely N-dealkylation sites (tertiary alicyclic amines) is 1. The summed E-state index contributed by atoms with van der Waals surface area (Å²) in [7, 11) is 0. The molecule has 0 aliphatic carbocycles. The minimum atomic E-state index is -0.278. The van der Waals surface area contributed by atoms with E-state index >= 15 is 0 Å². The number of esters is 1. The molecule has 120 valence electrons. The molecule has 21 heavy (non-hydrogen) atoms. The minimum Gasteiger partial charge on any atom is -0.479 e. The fraction of sp³-hybridized carbons (Fsp3) is 0.786. The van der Waals surface area contributed by atoms with Crippen molar-refractivity contribution in [2.75, 3.05) is 19.8 Å². The number of amides is 1. The lowest BCUT2D eigenvalue weighted by atomic mass is 10.1. The van der Waals surface area contributed by atoms with Crippen LogP contribution in [0.2, 0.25) is 0 Å². The topological polar surface area (TPSA) is 55.8 Å². The fourth-order valence-corrected chi connectivity index (χ4v) is 3.75. The number of carbonyl (C=O) groups is 2. The summed E-state index contributed by atoms with van der Waals surface area (Å²) in [6.07, 6.45) is 1.93. The second kappa shape index (κ2) is 9.25. The van der Waals surface area contributed by atoms with E-state index in [1.54, 1.807) is 11.8 Å². The predicted molar refractivity (Wildman–Crippen MR) is 87.0 cm³/mol. The second-order valence-electron chi connectivity index (χ2n) is 4.83. The summed E-state index contributed by atoms with van der Waals surface area (Å²) in [6.45, 7) is 7.03. The van der Waals surface area contributed by atoms with E-state index in [2.05, 4.69) is 0 Å². The lowest BCUT2D eigenvalue weighted by molar-refractivity contribution is -0.148. The molecular weight excluding hydrogens is 310 g/mol. The molecule has 1 amide bonds. The molecule has 1 rings (SSSR count). The lowest BCUT2D eigenvalue weighted by Crippen LogP contribution is -2.37. The van der Waals surface area contributed by atoms with Crippen molar-refractivity contribution in [1.82, 2.24) is 4.90 Å². The van der Waals surface area contributed by atoms with Crippen LogP contribution >= 0.6 is 24.0 Å². The highest BCUT2D eigenvalue weighted by Gasteiger charge is 2.32. The third-order valence-electron chi connectivity index (χ3n) is 3.20. The van der Waals surface area contributed by atoms with Gasteiger partial charge in [0.25, 0.3) is 0 Å². The van der Waals surface area contributed by atoms with Crippen molar-refractivity contribution in [1.29, 1.82) is 0 Å². The standard InChI is InChI=1S/C14H23NO4S2/c1-4-18-13(17)10(3)9-12(21-14(20)19-5-2)15-8-6-7-11(15)16/h10,12H,4-9H2,1-3H3. The zero-order chi connectivity index (χ0) is 15.8. The zero-order valence-corrected chi connectivity index (χ0v) is 14.4. The van der Waals surface area contributed by atoms with Crippen molar-refractivity contribution in [3.8, 4) is 0 Å². The number of thiocarbonyl (C=S) groups is 1. The molecule has 0 saturated carbocycles. The average molecular weight is 333 g/mol. The Kier molecular flexibility index (Phi) is 8.03. The summed E-state index contributed by atoms with van der Waals surface area (Å²) >= 11 is 6.50. The molecule has 1 heterocycles. The maximum atomic E-state index is 11.9. The van der Waals surface area contributed by atoms with Crippen LogP contribution in [-0.2, 0) is 19.1 Å². The Balaban J connectivity index is 2.69. The SMILES string of the molecule is CCOC(=O)C(C)CC(SC(=S)OCC)N1CCCC1=O. The third-order valence-corrected chi connectivity index (χ3v) is 4.63. The molecule has 0 aromatic carbocycles. The second-order valence-corrected chi connectivity index (χ2v) is 6.61. The van der Waals surface area contributed by atoms with Gasteiger partial charge >= 0.3 is 5.97 Å². The van der Waals surface area contributed by atoms with Gasteiger partial charge in [-0.05, 0) is 38.9 Å². The van der Waals surface area contributed by atoms with Crippen molar-refractivity contribution < 1.29 is 19.1 Å². The Hall–Kier alpha value is -0.820. The number of hydrogen-bond donors (Lipinski definition) is 0. The Morgan fingerprint density at radius 1 is 1.38 bits per heavy atom. The van der Waals surface area contributed by atoms with Gasteiger partial charge in [-0.25, -0.2) is 0 Å². The van der Waals surface area contributed by atoms with Gasteiger partial charge in [-0.15, -0.1) is 0 Å². The Morgan fingerprint density at radius 3 is 2.57 bits per heavy atom. The molecule has 5 nitrogen and oxygen atoms in total. The maximum absolute atomic E-state index is 11.9. The average Bonchev–Trinajstić information content (AvgIpc) is 2.84.